The van der Waals surface area contributed by atoms with Crippen LogP contribution in [0.3, 0.4) is 0 Å². The lowest BCUT2D eigenvalue weighted by atomic mass is 10.0. The van der Waals surface area contributed by atoms with E-state index < -0.39 is 33.8 Å². The standard InChI is InChI=1S/C30H35F3N6O5S/c1-18(2)38(14-13-37(4)25(17-40)21-7-6-8-23(15-21)45(34,42)43)29(41)24-16-35-39-27(30(31,32)33)19(3)26(36-28(24)39)20-9-11-22(44-5)12-10-20/h6-12,15-16,18,25,40H,13-14,17H2,1-5H3,(H2,34,42,43). The molecule has 0 aliphatic heterocycles. The van der Waals surface area contributed by atoms with Crippen LogP contribution in [-0.2, 0) is 16.2 Å². The van der Waals surface area contributed by atoms with E-state index in [0.29, 0.717) is 21.4 Å². The minimum atomic E-state index is -4.79. The molecule has 1 unspecified atom stereocenters. The molecule has 0 fully saturated rings. The summed E-state index contributed by atoms with van der Waals surface area (Å²) in [6.45, 7) is 4.84. The largest absolute Gasteiger partial charge is 0.497 e. The van der Waals surface area contributed by atoms with Crippen LogP contribution in [0.4, 0.5) is 13.2 Å². The molecular weight excluding hydrogens is 613 g/mol. The number of nitrogens with zero attached hydrogens (tertiary/aromatic N) is 5. The number of aromatic nitrogens is 3. The highest BCUT2D eigenvalue weighted by Gasteiger charge is 2.39. The monoisotopic (exact) mass is 648 g/mol. The molecule has 242 valence electrons. The Morgan fingerprint density at radius 3 is 2.36 bits per heavy atom. The average molecular weight is 649 g/mol. The summed E-state index contributed by atoms with van der Waals surface area (Å²) in [5.74, 6) is -0.0535. The number of ether oxygens (including phenoxy) is 1. The fourth-order valence-corrected chi connectivity index (χ4v) is 5.72. The van der Waals surface area contributed by atoms with E-state index in [0.717, 1.165) is 6.20 Å². The number of aliphatic hydroxyl groups excluding tert-OH is 1. The van der Waals surface area contributed by atoms with Gasteiger partial charge in [-0.25, -0.2) is 23.1 Å². The first-order chi connectivity index (χ1) is 21.1. The molecular formula is C30H35F3N6O5S. The third-order valence-corrected chi connectivity index (χ3v) is 8.51. The van der Waals surface area contributed by atoms with Crippen LogP contribution in [0.15, 0.2) is 59.6 Å². The van der Waals surface area contributed by atoms with Crippen molar-refractivity contribution >= 4 is 21.6 Å². The Bertz CT molecular complexity index is 1790. The maximum absolute atomic E-state index is 14.4. The first-order valence-corrected chi connectivity index (χ1v) is 15.5. The van der Waals surface area contributed by atoms with Gasteiger partial charge in [-0.2, -0.15) is 18.3 Å². The molecule has 1 amide bonds. The molecule has 4 rings (SSSR count). The molecule has 11 nitrogen and oxygen atoms in total. The molecule has 3 N–H and O–H groups in total. The number of aliphatic hydroxyl groups is 1. The van der Waals surface area contributed by atoms with Gasteiger partial charge in [0.2, 0.25) is 10.0 Å². The van der Waals surface area contributed by atoms with E-state index in [1.165, 1.54) is 37.1 Å². The summed E-state index contributed by atoms with van der Waals surface area (Å²) in [4.78, 5) is 21.5. The fraction of sp³-hybridized carbons (Fsp3) is 0.367. The molecule has 1 atom stereocenters. The SMILES string of the molecule is COc1ccc(-c2nc3c(C(=O)N(CCN(C)C(CO)c4cccc(S(N)(=O)=O)c4)C(C)C)cnn3c(C(F)(F)F)c2C)cc1. The van der Waals surface area contributed by atoms with E-state index in [-0.39, 0.29) is 53.1 Å². The number of carbonyl (C=O) groups excluding carboxylic acids is 1. The zero-order chi connectivity index (χ0) is 33.3. The van der Waals surface area contributed by atoms with Crippen LogP contribution in [0.5, 0.6) is 5.75 Å². The number of hydrogen-bond donors (Lipinski definition) is 2. The summed E-state index contributed by atoms with van der Waals surface area (Å²) >= 11 is 0. The lowest BCUT2D eigenvalue weighted by Crippen LogP contribution is -2.43. The highest BCUT2D eigenvalue weighted by Crippen LogP contribution is 2.37. The number of fused-ring (bicyclic) bond motifs is 1. The predicted octanol–water partition coefficient (Wildman–Crippen LogP) is 3.90. The maximum atomic E-state index is 14.4. The number of hydrogen-bond acceptors (Lipinski definition) is 8. The Labute approximate surface area is 259 Å². The van der Waals surface area contributed by atoms with Gasteiger partial charge in [0.25, 0.3) is 5.91 Å². The number of nitrogens with two attached hydrogens (primary N) is 1. The average Bonchev–Trinajstić information content (AvgIpc) is 3.39. The maximum Gasteiger partial charge on any atom is 0.433 e. The van der Waals surface area contributed by atoms with Gasteiger partial charge in [0.1, 0.15) is 11.3 Å². The molecule has 45 heavy (non-hydrogen) atoms. The van der Waals surface area contributed by atoms with Crippen molar-refractivity contribution in [3.05, 3.63) is 77.1 Å². The normalized spacial score (nSPS) is 13.1. The third-order valence-electron chi connectivity index (χ3n) is 7.60. The molecule has 0 radical (unpaired) electrons. The second-order valence-electron chi connectivity index (χ2n) is 10.8. The van der Waals surface area contributed by atoms with Crippen LogP contribution >= 0.6 is 0 Å². The first-order valence-electron chi connectivity index (χ1n) is 13.9. The van der Waals surface area contributed by atoms with Crippen molar-refractivity contribution in [2.45, 2.75) is 43.9 Å². The van der Waals surface area contributed by atoms with Crippen LogP contribution in [-0.4, -0.2) is 83.7 Å². The quantitative estimate of drug-likeness (QED) is 0.249. The highest BCUT2D eigenvalue weighted by molar-refractivity contribution is 7.89. The van der Waals surface area contributed by atoms with E-state index >= 15 is 0 Å². The molecule has 4 aromatic rings. The molecule has 0 spiro atoms. The van der Waals surface area contributed by atoms with Gasteiger partial charge in [-0.1, -0.05) is 12.1 Å². The lowest BCUT2D eigenvalue weighted by Gasteiger charge is -2.32. The topological polar surface area (TPSA) is 143 Å². The van der Waals surface area contributed by atoms with Gasteiger partial charge in [0, 0.05) is 30.3 Å². The van der Waals surface area contributed by atoms with Crippen molar-refractivity contribution in [1.29, 1.82) is 0 Å². The van der Waals surface area contributed by atoms with E-state index in [1.807, 2.05) is 0 Å². The van der Waals surface area contributed by atoms with Gasteiger partial charge in [-0.05, 0) is 69.8 Å². The Hall–Kier alpha value is -4.05. The van der Waals surface area contributed by atoms with Crippen LogP contribution < -0.4 is 9.88 Å². The van der Waals surface area contributed by atoms with Gasteiger partial charge < -0.3 is 14.7 Å². The summed E-state index contributed by atoms with van der Waals surface area (Å²) in [7, 11) is -0.791. The lowest BCUT2D eigenvalue weighted by molar-refractivity contribution is -0.143. The highest BCUT2D eigenvalue weighted by atomic mass is 32.2. The summed E-state index contributed by atoms with van der Waals surface area (Å²) in [5.41, 5.74) is -0.573. The summed E-state index contributed by atoms with van der Waals surface area (Å²) in [6, 6.07) is 11.3. The van der Waals surface area contributed by atoms with Gasteiger partial charge in [0.15, 0.2) is 11.3 Å². The Balaban J connectivity index is 1.69. The summed E-state index contributed by atoms with van der Waals surface area (Å²) in [6.07, 6.45) is -3.70. The molecule has 2 heterocycles. The second-order valence-corrected chi connectivity index (χ2v) is 12.4. The zero-order valence-corrected chi connectivity index (χ0v) is 26.2. The number of carbonyl (C=O) groups is 1. The van der Waals surface area contributed by atoms with Crippen molar-refractivity contribution in [2.24, 2.45) is 5.14 Å². The molecule has 2 aromatic carbocycles. The predicted molar refractivity (Wildman–Crippen MR) is 161 cm³/mol. The van der Waals surface area contributed by atoms with E-state index in [2.05, 4.69) is 10.1 Å². The molecule has 0 saturated carbocycles. The molecule has 2 aromatic heterocycles. The smallest absolute Gasteiger partial charge is 0.433 e. The molecule has 0 aliphatic rings. The van der Waals surface area contributed by atoms with Gasteiger partial charge in [0.05, 0.1) is 36.5 Å². The van der Waals surface area contributed by atoms with Crippen LogP contribution in [0.2, 0.25) is 0 Å². The second kappa shape index (κ2) is 13.1. The summed E-state index contributed by atoms with van der Waals surface area (Å²) < 4.78 is 72.6. The Morgan fingerprint density at radius 2 is 1.80 bits per heavy atom. The van der Waals surface area contributed by atoms with Crippen LogP contribution in [0.1, 0.15) is 47.1 Å². The number of sulfonamides is 1. The van der Waals surface area contributed by atoms with E-state index in [9.17, 15) is 31.5 Å². The molecule has 0 aliphatic carbocycles. The number of halogens is 3. The number of amides is 1. The van der Waals surface area contributed by atoms with Gasteiger partial charge in [-0.3, -0.25) is 9.69 Å². The number of rotatable bonds is 11. The van der Waals surface area contributed by atoms with E-state index in [4.69, 9.17) is 9.88 Å². The van der Waals surface area contributed by atoms with Crippen LogP contribution in [0, 0.1) is 6.92 Å². The number of benzene rings is 2. The minimum absolute atomic E-state index is 0.0513. The number of likely N-dealkylation sites (N-methyl/N-ethyl adjacent to an activating group) is 1. The molecule has 15 heteroatoms. The number of methoxy groups -OCH3 is 1. The van der Waals surface area contributed by atoms with Crippen molar-refractivity contribution in [2.75, 3.05) is 33.9 Å². The van der Waals surface area contributed by atoms with Crippen molar-refractivity contribution in [3.8, 4) is 17.0 Å². The number of primary sulfonamides is 1. The molecule has 0 saturated heterocycles. The summed E-state index contributed by atoms with van der Waals surface area (Å²) in [5, 5.41) is 19.3. The molecule has 0 bridgehead atoms. The third kappa shape index (κ3) is 7.11. The number of alkyl halides is 3. The fourth-order valence-electron chi connectivity index (χ4n) is 5.16. The minimum Gasteiger partial charge on any atom is -0.497 e. The van der Waals surface area contributed by atoms with Gasteiger partial charge >= 0.3 is 6.18 Å². The van der Waals surface area contributed by atoms with Crippen molar-refractivity contribution < 1.29 is 36.2 Å². The Kier molecular flexibility index (Phi) is 9.87. The van der Waals surface area contributed by atoms with Gasteiger partial charge in [-0.15, -0.1) is 0 Å². The first kappa shape index (κ1) is 33.8. The van der Waals surface area contributed by atoms with E-state index in [1.54, 1.807) is 56.1 Å². The van der Waals surface area contributed by atoms with Crippen LogP contribution in [0.25, 0.3) is 16.9 Å². The Morgan fingerprint density at radius 1 is 1.13 bits per heavy atom. The van der Waals surface area contributed by atoms with Crippen molar-refractivity contribution in [3.63, 3.8) is 0 Å². The van der Waals surface area contributed by atoms with Crippen molar-refractivity contribution in [1.82, 2.24) is 24.4 Å². The zero-order valence-electron chi connectivity index (χ0n) is 25.4.